The summed E-state index contributed by atoms with van der Waals surface area (Å²) in [6.45, 7) is 7.65. The molecule has 1 aromatic carbocycles. The zero-order valence-electron chi connectivity index (χ0n) is 14.0. The Labute approximate surface area is 143 Å². The highest BCUT2D eigenvalue weighted by molar-refractivity contribution is 6.33. The van der Waals surface area contributed by atoms with Gasteiger partial charge in [0, 0.05) is 51.9 Å². The first-order chi connectivity index (χ1) is 11.2. The number of likely N-dealkylation sites (tertiary alicyclic amines) is 1. The fourth-order valence-corrected chi connectivity index (χ4v) is 3.89. The Hall–Kier alpha value is -1.01. The van der Waals surface area contributed by atoms with Crippen LogP contribution in [0.4, 0.5) is 0 Å². The van der Waals surface area contributed by atoms with Gasteiger partial charge in [0.25, 0.3) is 0 Å². The summed E-state index contributed by atoms with van der Waals surface area (Å²) in [5, 5.41) is 4.09. The van der Waals surface area contributed by atoms with E-state index in [2.05, 4.69) is 15.1 Å². The van der Waals surface area contributed by atoms with E-state index < -0.39 is 0 Å². The average Bonchev–Trinajstić information content (AvgIpc) is 3.06. The first-order valence-corrected chi connectivity index (χ1v) is 8.67. The number of hydrogen-bond acceptors (Lipinski definition) is 5. The van der Waals surface area contributed by atoms with E-state index in [4.69, 9.17) is 21.1 Å². The van der Waals surface area contributed by atoms with Crippen molar-refractivity contribution in [1.82, 2.24) is 15.1 Å². The summed E-state index contributed by atoms with van der Waals surface area (Å²) in [6.07, 6.45) is 1.24. The smallest absolute Gasteiger partial charge is 0.179 e. The third-order valence-electron chi connectivity index (χ3n) is 4.87. The van der Waals surface area contributed by atoms with Crippen LogP contribution in [0.3, 0.4) is 0 Å². The monoisotopic (exact) mass is 339 g/mol. The van der Waals surface area contributed by atoms with E-state index in [0.29, 0.717) is 22.6 Å². The molecule has 0 bridgehead atoms. The molecule has 0 aromatic heterocycles. The second kappa shape index (κ2) is 7.71. The van der Waals surface area contributed by atoms with Gasteiger partial charge in [-0.3, -0.25) is 9.80 Å². The molecule has 2 aliphatic heterocycles. The van der Waals surface area contributed by atoms with Crippen LogP contribution >= 0.6 is 11.6 Å². The number of piperazine rings is 1. The average molecular weight is 340 g/mol. The van der Waals surface area contributed by atoms with E-state index in [0.717, 1.165) is 51.4 Å². The number of methoxy groups -OCH3 is 2. The van der Waals surface area contributed by atoms with Gasteiger partial charge >= 0.3 is 0 Å². The topological polar surface area (TPSA) is 37.0 Å². The van der Waals surface area contributed by atoms with Crippen LogP contribution in [0, 0.1) is 0 Å². The molecular weight excluding hydrogens is 314 g/mol. The molecule has 2 heterocycles. The van der Waals surface area contributed by atoms with Gasteiger partial charge in [0.2, 0.25) is 0 Å². The highest BCUT2D eigenvalue weighted by Gasteiger charge is 2.29. The maximum Gasteiger partial charge on any atom is 0.179 e. The molecule has 2 fully saturated rings. The van der Waals surface area contributed by atoms with Crippen LogP contribution in [0.1, 0.15) is 12.0 Å². The van der Waals surface area contributed by atoms with Gasteiger partial charge in [-0.1, -0.05) is 17.7 Å². The zero-order valence-corrected chi connectivity index (χ0v) is 14.7. The second-order valence-corrected chi connectivity index (χ2v) is 6.62. The van der Waals surface area contributed by atoms with Gasteiger partial charge in [-0.25, -0.2) is 0 Å². The quantitative estimate of drug-likeness (QED) is 0.886. The first-order valence-electron chi connectivity index (χ1n) is 8.29. The van der Waals surface area contributed by atoms with Gasteiger partial charge in [0.15, 0.2) is 11.5 Å². The van der Waals surface area contributed by atoms with Crippen molar-refractivity contribution in [2.24, 2.45) is 0 Å². The van der Waals surface area contributed by atoms with E-state index in [9.17, 15) is 0 Å². The molecule has 1 aromatic rings. The number of hydrogen-bond donors (Lipinski definition) is 1. The Morgan fingerprint density at radius 3 is 2.65 bits per heavy atom. The van der Waals surface area contributed by atoms with Crippen molar-refractivity contribution in [3.8, 4) is 11.5 Å². The van der Waals surface area contributed by atoms with E-state index in [1.54, 1.807) is 14.2 Å². The molecule has 2 aliphatic rings. The SMILES string of the molecule is COc1ccc(CN2CCC(N3CCNCC3)C2)c(Cl)c1OC. The van der Waals surface area contributed by atoms with Crippen LogP contribution < -0.4 is 14.8 Å². The zero-order chi connectivity index (χ0) is 16.2. The van der Waals surface area contributed by atoms with E-state index in [1.807, 2.05) is 12.1 Å². The molecule has 0 aliphatic carbocycles. The predicted molar refractivity (Wildman–Crippen MR) is 92.7 cm³/mol. The molecule has 0 amide bonds. The minimum atomic E-state index is 0.629. The summed E-state index contributed by atoms with van der Waals surface area (Å²) < 4.78 is 10.7. The highest BCUT2D eigenvalue weighted by atomic mass is 35.5. The van der Waals surface area contributed by atoms with Crippen molar-refractivity contribution in [3.63, 3.8) is 0 Å². The lowest BCUT2D eigenvalue weighted by atomic mass is 10.2. The third-order valence-corrected chi connectivity index (χ3v) is 5.29. The van der Waals surface area contributed by atoms with Crippen molar-refractivity contribution in [2.75, 3.05) is 53.5 Å². The van der Waals surface area contributed by atoms with Gasteiger partial charge < -0.3 is 14.8 Å². The summed E-state index contributed by atoms with van der Waals surface area (Å²) in [6, 6.07) is 4.65. The largest absolute Gasteiger partial charge is 0.493 e. The fourth-order valence-electron chi connectivity index (χ4n) is 3.59. The van der Waals surface area contributed by atoms with E-state index in [1.165, 1.54) is 6.42 Å². The lowest BCUT2D eigenvalue weighted by Crippen LogP contribution is -2.49. The molecule has 0 saturated carbocycles. The van der Waals surface area contributed by atoms with Gasteiger partial charge in [-0.2, -0.15) is 0 Å². The minimum absolute atomic E-state index is 0.629. The molecule has 128 valence electrons. The number of nitrogens with zero attached hydrogens (tertiary/aromatic N) is 2. The van der Waals surface area contributed by atoms with Crippen molar-refractivity contribution < 1.29 is 9.47 Å². The Bertz CT molecular complexity index is 535. The molecule has 1 N–H and O–H groups in total. The summed E-state index contributed by atoms with van der Waals surface area (Å²) in [5.74, 6) is 1.31. The Morgan fingerprint density at radius 1 is 1.17 bits per heavy atom. The van der Waals surface area contributed by atoms with Crippen LogP contribution in [-0.2, 0) is 6.54 Å². The second-order valence-electron chi connectivity index (χ2n) is 6.24. The molecule has 23 heavy (non-hydrogen) atoms. The van der Waals surface area contributed by atoms with Crippen LogP contribution in [0.25, 0.3) is 0 Å². The van der Waals surface area contributed by atoms with Gasteiger partial charge in [0.1, 0.15) is 0 Å². The van der Waals surface area contributed by atoms with Crippen LogP contribution in [0.5, 0.6) is 11.5 Å². The van der Waals surface area contributed by atoms with Crippen molar-refractivity contribution in [1.29, 1.82) is 0 Å². The van der Waals surface area contributed by atoms with E-state index in [-0.39, 0.29) is 0 Å². The maximum atomic E-state index is 6.51. The molecular formula is C17H26ClN3O2. The fraction of sp³-hybridized carbons (Fsp3) is 0.647. The Morgan fingerprint density at radius 2 is 1.96 bits per heavy atom. The predicted octanol–water partition coefficient (Wildman–Crippen LogP) is 1.84. The molecule has 3 rings (SSSR count). The lowest BCUT2D eigenvalue weighted by Gasteiger charge is -2.32. The number of ether oxygens (including phenoxy) is 2. The van der Waals surface area contributed by atoms with Crippen LogP contribution in [-0.4, -0.2) is 69.3 Å². The third kappa shape index (κ3) is 3.74. The molecule has 1 unspecified atom stereocenters. The van der Waals surface area contributed by atoms with Crippen molar-refractivity contribution in [2.45, 2.75) is 19.0 Å². The van der Waals surface area contributed by atoms with Crippen molar-refractivity contribution in [3.05, 3.63) is 22.7 Å². The molecule has 0 spiro atoms. The normalized spacial score (nSPS) is 23.2. The Balaban J connectivity index is 1.64. The number of nitrogens with one attached hydrogen (secondary N) is 1. The first kappa shape index (κ1) is 16.8. The van der Waals surface area contributed by atoms with E-state index >= 15 is 0 Å². The summed E-state index contributed by atoms with van der Waals surface area (Å²) >= 11 is 6.51. The number of rotatable bonds is 5. The van der Waals surface area contributed by atoms with Gasteiger partial charge in [-0.15, -0.1) is 0 Å². The standard InChI is InChI=1S/C17H26ClN3O2/c1-22-15-4-3-13(16(18)17(15)23-2)11-20-8-5-14(12-20)21-9-6-19-7-10-21/h3-4,14,19H,5-12H2,1-2H3. The van der Waals surface area contributed by atoms with Gasteiger partial charge in [-0.05, 0) is 18.1 Å². The summed E-state index contributed by atoms with van der Waals surface area (Å²) in [5.41, 5.74) is 1.10. The van der Waals surface area contributed by atoms with Crippen LogP contribution in [0.15, 0.2) is 12.1 Å². The van der Waals surface area contributed by atoms with Crippen LogP contribution in [0.2, 0.25) is 5.02 Å². The molecule has 5 nitrogen and oxygen atoms in total. The molecule has 6 heteroatoms. The summed E-state index contributed by atoms with van der Waals surface area (Å²) in [7, 11) is 3.26. The lowest BCUT2D eigenvalue weighted by molar-refractivity contribution is 0.170. The summed E-state index contributed by atoms with van der Waals surface area (Å²) in [4.78, 5) is 5.10. The number of benzene rings is 1. The molecule has 2 saturated heterocycles. The maximum absolute atomic E-state index is 6.51. The molecule has 0 radical (unpaired) electrons. The minimum Gasteiger partial charge on any atom is -0.493 e. The molecule has 1 atom stereocenters. The van der Waals surface area contributed by atoms with Crippen molar-refractivity contribution >= 4 is 11.6 Å². The Kier molecular flexibility index (Phi) is 5.64. The number of halogens is 1. The highest BCUT2D eigenvalue weighted by Crippen LogP contribution is 2.38. The van der Waals surface area contributed by atoms with Gasteiger partial charge in [0.05, 0.1) is 19.2 Å².